The van der Waals surface area contributed by atoms with E-state index in [4.69, 9.17) is 4.52 Å². The smallest absolute Gasteiger partial charge is 0.318 e. The van der Waals surface area contributed by atoms with Crippen LogP contribution in [0, 0.1) is 6.92 Å². The lowest BCUT2D eigenvalue weighted by Crippen LogP contribution is -2.44. The molecule has 1 N–H and O–H groups in total. The van der Waals surface area contributed by atoms with Crippen LogP contribution < -0.4 is 5.32 Å². The minimum Gasteiger partial charge on any atom is -0.359 e. The number of nitrogens with zero attached hydrogens (tertiary/aromatic N) is 4. The summed E-state index contributed by atoms with van der Waals surface area (Å²) >= 11 is 0. The summed E-state index contributed by atoms with van der Waals surface area (Å²) in [6.07, 6.45) is 5.51. The predicted molar refractivity (Wildman–Crippen MR) is 80.1 cm³/mol. The molecule has 2 atom stereocenters. The van der Waals surface area contributed by atoms with Gasteiger partial charge in [0.2, 0.25) is 0 Å². The third-order valence-corrected chi connectivity index (χ3v) is 3.88. The van der Waals surface area contributed by atoms with E-state index in [9.17, 15) is 4.79 Å². The number of rotatable bonds is 4. The summed E-state index contributed by atoms with van der Waals surface area (Å²) in [7, 11) is 0. The first kappa shape index (κ1) is 14.6. The first-order valence-electron chi connectivity index (χ1n) is 7.61. The highest BCUT2D eigenvalue weighted by molar-refractivity contribution is 5.75. The molecule has 1 fully saturated rings. The van der Waals surface area contributed by atoms with Gasteiger partial charge in [-0.15, -0.1) is 0 Å². The number of hydrogen-bond donors (Lipinski definition) is 1. The van der Waals surface area contributed by atoms with Gasteiger partial charge in [0.1, 0.15) is 0 Å². The minimum absolute atomic E-state index is 0.00473. The van der Waals surface area contributed by atoms with Crippen LogP contribution in [-0.4, -0.2) is 38.5 Å². The second-order valence-electron chi connectivity index (χ2n) is 5.80. The molecule has 0 aliphatic carbocycles. The SMILES string of the molecule is Cc1cc([C@@H]2CCCN2C(=O)N[C@@H](C)Cn2cccn2)on1. The second-order valence-corrected chi connectivity index (χ2v) is 5.80. The van der Waals surface area contributed by atoms with Gasteiger partial charge in [-0.3, -0.25) is 4.68 Å². The van der Waals surface area contributed by atoms with Gasteiger partial charge in [-0.25, -0.2) is 4.79 Å². The predicted octanol–water partition coefficient (Wildman–Crippen LogP) is 2.11. The maximum atomic E-state index is 12.5. The lowest BCUT2D eigenvalue weighted by atomic mass is 10.1. The largest absolute Gasteiger partial charge is 0.359 e. The molecule has 0 saturated carbocycles. The summed E-state index contributed by atoms with van der Waals surface area (Å²) in [5, 5.41) is 11.1. The fourth-order valence-corrected chi connectivity index (χ4v) is 2.87. The molecule has 22 heavy (non-hydrogen) atoms. The maximum absolute atomic E-state index is 12.5. The van der Waals surface area contributed by atoms with Crippen molar-refractivity contribution in [2.24, 2.45) is 0 Å². The van der Waals surface area contributed by atoms with E-state index in [0.717, 1.165) is 30.8 Å². The zero-order valence-corrected chi connectivity index (χ0v) is 12.9. The third kappa shape index (κ3) is 3.13. The number of aromatic nitrogens is 3. The first-order chi connectivity index (χ1) is 10.6. The Balaban J connectivity index is 1.61. The van der Waals surface area contributed by atoms with Gasteiger partial charge in [-0.2, -0.15) is 5.10 Å². The lowest BCUT2D eigenvalue weighted by Gasteiger charge is -2.25. The summed E-state index contributed by atoms with van der Waals surface area (Å²) in [5.74, 6) is 0.768. The maximum Gasteiger partial charge on any atom is 0.318 e. The van der Waals surface area contributed by atoms with Crippen LogP contribution in [0.2, 0.25) is 0 Å². The minimum atomic E-state index is -0.0591. The van der Waals surface area contributed by atoms with Crippen LogP contribution in [0.4, 0.5) is 4.79 Å². The van der Waals surface area contributed by atoms with E-state index in [0.29, 0.717) is 6.54 Å². The Morgan fingerprint density at radius 1 is 1.59 bits per heavy atom. The topological polar surface area (TPSA) is 76.2 Å². The molecular formula is C15H21N5O2. The molecule has 0 radical (unpaired) electrons. The Morgan fingerprint density at radius 3 is 3.14 bits per heavy atom. The average molecular weight is 303 g/mol. The molecule has 2 aromatic heterocycles. The monoisotopic (exact) mass is 303 g/mol. The molecule has 1 aliphatic heterocycles. The van der Waals surface area contributed by atoms with Crippen molar-refractivity contribution in [3.8, 4) is 0 Å². The Hall–Kier alpha value is -2.31. The number of carbonyl (C=O) groups is 1. The highest BCUT2D eigenvalue weighted by atomic mass is 16.5. The molecule has 0 bridgehead atoms. The van der Waals surface area contributed by atoms with E-state index >= 15 is 0 Å². The molecule has 1 saturated heterocycles. The number of carbonyl (C=O) groups excluding carboxylic acids is 1. The van der Waals surface area contributed by atoms with Gasteiger partial charge in [0.25, 0.3) is 0 Å². The molecule has 7 heteroatoms. The van der Waals surface area contributed by atoms with E-state index in [1.54, 1.807) is 6.20 Å². The summed E-state index contributed by atoms with van der Waals surface area (Å²) in [6, 6.07) is 3.71. The number of hydrogen-bond acceptors (Lipinski definition) is 4. The van der Waals surface area contributed by atoms with E-state index in [2.05, 4.69) is 15.6 Å². The fourth-order valence-electron chi connectivity index (χ4n) is 2.87. The summed E-state index contributed by atoms with van der Waals surface area (Å²) < 4.78 is 7.14. The molecule has 7 nitrogen and oxygen atoms in total. The van der Waals surface area contributed by atoms with Crippen LogP contribution in [0.3, 0.4) is 0 Å². The van der Waals surface area contributed by atoms with Gasteiger partial charge in [-0.05, 0) is 32.8 Å². The number of aryl methyl sites for hydroxylation is 1. The average Bonchev–Trinajstić information content (AvgIpc) is 3.17. The van der Waals surface area contributed by atoms with Gasteiger partial charge >= 0.3 is 6.03 Å². The molecule has 0 unspecified atom stereocenters. The lowest BCUT2D eigenvalue weighted by molar-refractivity contribution is 0.178. The molecule has 3 rings (SSSR count). The summed E-state index contributed by atoms with van der Waals surface area (Å²) in [6.45, 7) is 5.26. The van der Waals surface area contributed by atoms with E-state index in [1.807, 2.05) is 41.8 Å². The Kier molecular flexibility index (Phi) is 4.13. The number of nitrogens with one attached hydrogen (secondary N) is 1. The Morgan fingerprint density at radius 2 is 2.45 bits per heavy atom. The van der Waals surface area contributed by atoms with Crippen molar-refractivity contribution in [2.45, 2.75) is 45.3 Å². The van der Waals surface area contributed by atoms with Crippen LogP contribution in [0.5, 0.6) is 0 Å². The molecule has 1 aliphatic rings. The standard InChI is InChI=1S/C15H21N5O2/c1-11-9-14(22-18-11)13-5-3-8-20(13)15(21)17-12(2)10-19-7-4-6-16-19/h4,6-7,9,12-13H,3,5,8,10H2,1-2H3,(H,17,21)/t12-,13-/m0/s1. The second kappa shape index (κ2) is 6.21. The molecule has 118 valence electrons. The van der Waals surface area contributed by atoms with Crippen LogP contribution in [0.15, 0.2) is 29.0 Å². The summed E-state index contributed by atoms with van der Waals surface area (Å²) in [4.78, 5) is 14.3. The molecule has 0 aromatic carbocycles. The zero-order chi connectivity index (χ0) is 15.5. The van der Waals surface area contributed by atoms with Crippen molar-refractivity contribution in [3.05, 3.63) is 36.0 Å². The van der Waals surface area contributed by atoms with Gasteiger partial charge in [0, 0.05) is 31.0 Å². The molecule has 0 spiro atoms. The van der Waals surface area contributed by atoms with Crippen molar-refractivity contribution < 1.29 is 9.32 Å². The summed E-state index contributed by atoms with van der Waals surface area (Å²) in [5.41, 5.74) is 0.842. The van der Waals surface area contributed by atoms with Crippen molar-refractivity contribution in [3.63, 3.8) is 0 Å². The highest BCUT2D eigenvalue weighted by Gasteiger charge is 2.33. The molecule has 3 heterocycles. The van der Waals surface area contributed by atoms with Crippen molar-refractivity contribution in [1.29, 1.82) is 0 Å². The number of urea groups is 1. The zero-order valence-electron chi connectivity index (χ0n) is 12.9. The van der Waals surface area contributed by atoms with Gasteiger partial charge in [0.05, 0.1) is 18.3 Å². The highest BCUT2D eigenvalue weighted by Crippen LogP contribution is 2.32. The van der Waals surface area contributed by atoms with E-state index < -0.39 is 0 Å². The Labute approximate surface area is 129 Å². The van der Waals surface area contributed by atoms with Crippen molar-refractivity contribution in [2.75, 3.05) is 6.54 Å². The fraction of sp³-hybridized carbons (Fsp3) is 0.533. The third-order valence-electron chi connectivity index (χ3n) is 3.88. The van der Waals surface area contributed by atoms with Crippen LogP contribution in [0.25, 0.3) is 0 Å². The first-order valence-corrected chi connectivity index (χ1v) is 7.61. The number of likely N-dealkylation sites (tertiary alicyclic amines) is 1. The number of amides is 2. The van der Waals surface area contributed by atoms with Crippen molar-refractivity contribution >= 4 is 6.03 Å². The van der Waals surface area contributed by atoms with E-state index in [-0.39, 0.29) is 18.1 Å². The van der Waals surface area contributed by atoms with Crippen molar-refractivity contribution in [1.82, 2.24) is 25.2 Å². The molecule has 2 amide bonds. The van der Waals surface area contributed by atoms with E-state index in [1.165, 1.54) is 0 Å². The van der Waals surface area contributed by atoms with Gasteiger partial charge < -0.3 is 14.7 Å². The van der Waals surface area contributed by atoms with Gasteiger partial charge in [-0.1, -0.05) is 5.16 Å². The Bertz CT molecular complexity index is 622. The molecular weight excluding hydrogens is 282 g/mol. The van der Waals surface area contributed by atoms with Gasteiger partial charge in [0.15, 0.2) is 5.76 Å². The quantitative estimate of drug-likeness (QED) is 0.938. The van der Waals surface area contributed by atoms with Crippen LogP contribution in [0.1, 0.15) is 37.3 Å². The van der Waals surface area contributed by atoms with Crippen LogP contribution in [-0.2, 0) is 6.54 Å². The molecule has 2 aromatic rings. The van der Waals surface area contributed by atoms with Crippen LogP contribution >= 0.6 is 0 Å². The normalized spacial score (nSPS) is 19.4.